The lowest BCUT2D eigenvalue weighted by Crippen LogP contribution is -2.47. The van der Waals surface area contributed by atoms with Gasteiger partial charge in [0.1, 0.15) is 0 Å². The average molecular weight is 343 g/mol. The number of hydrogen-bond donors (Lipinski definition) is 1. The highest BCUT2D eigenvalue weighted by atomic mass is 16.5. The third-order valence-corrected chi connectivity index (χ3v) is 4.42. The molecule has 7 heteroatoms. The number of hydrogen-bond acceptors (Lipinski definition) is 5. The Hall–Kier alpha value is -2.83. The van der Waals surface area contributed by atoms with E-state index in [1.54, 1.807) is 4.90 Å². The normalized spacial score (nSPS) is 16.9. The van der Waals surface area contributed by atoms with Crippen molar-refractivity contribution >= 4 is 11.9 Å². The second-order valence-electron chi connectivity index (χ2n) is 6.38. The van der Waals surface area contributed by atoms with Gasteiger partial charge in [-0.1, -0.05) is 30.3 Å². The molecule has 1 unspecified atom stereocenters. The molecule has 1 amide bonds. The lowest BCUT2D eigenvalue weighted by molar-refractivity contribution is 0.0573. The Morgan fingerprint density at radius 3 is 2.64 bits per heavy atom. The predicted molar refractivity (Wildman–Crippen MR) is 90.6 cm³/mol. The molecule has 0 saturated heterocycles. The summed E-state index contributed by atoms with van der Waals surface area (Å²) < 4.78 is 6.13. The third kappa shape index (κ3) is 2.97. The smallest absolute Gasteiger partial charge is 0.362 e. The van der Waals surface area contributed by atoms with Crippen molar-refractivity contribution < 1.29 is 19.4 Å². The Kier molecular flexibility index (Phi) is 4.48. The maximum absolute atomic E-state index is 12.8. The molecule has 25 heavy (non-hydrogen) atoms. The topological polar surface area (TPSA) is 84.7 Å². The molecule has 1 aromatic heterocycles. The first-order valence-electron chi connectivity index (χ1n) is 8.18. The van der Waals surface area contributed by atoms with Crippen molar-refractivity contribution in [3.63, 3.8) is 0 Å². The summed E-state index contributed by atoms with van der Waals surface area (Å²) in [5, 5.41) is 14.6. The molecule has 132 valence electrons. The van der Waals surface area contributed by atoms with E-state index < -0.39 is 11.7 Å². The highest BCUT2D eigenvalue weighted by molar-refractivity contribution is 6.01. The molecule has 1 aliphatic rings. The molecule has 3 rings (SSSR count). The fourth-order valence-corrected chi connectivity index (χ4v) is 3.13. The highest BCUT2D eigenvalue weighted by Gasteiger charge is 2.39. The van der Waals surface area contributed by atoms with Crippen molar-refractivity contribution in [2.75, 3.05) is 13.7 Å². The summed E-state index contributed by atoms with van der Waals surface area (Å²) in [7, 11) is 1.21. The van der Waals surface area contributed by atoms with Gasteiger partial charge in [0.05, 0.1) is 13.2 Å². The summed E-state index contributed by atoms with van der Waals surface area (Å²) in [6.45, 7) is 4.30. The summed E-state index contributed by atoms with van der Waals surface area (Å²) >= 11 is 0. The fraction of sp³-hybridized carbons (Fsp3) is 0.389. The zero-order valence-electron chi connectivity index (χ0n) is 14.5. The molecule has 1 aliphatic heterocycles. The second-order valence-corrected chi connectivity index (χ2v) is 6.38. The minimum atomic E-state index is -0.762. The molecule has 7 nitrogen and oxygen atoms in total. The Morgan fingerprint density at radius 2 is 2.04 bits per heavy atom. The van der Waals surface area contributed by atoms with Crippen molar-refractivity contribution in [2.45, 2.75) is 32.4 Å². The van der Waals surface area contributed by atoms with Crippen molar-refractivity contribution in [3.05, 3.63) is 47.3 Å². The van der Waals surface area contributed by atoms with E-state index in [2.05, 4.69) is 9.84 Å². The van der Waals surface area contributed by atoms with Gasteiger partial charge in [0.2, 0.25) is 5.69 Å². The quantitative estimate of drug-likeness (QED) is 0.859. The lowest BCUT2D eigenvalue weighted by atomic mass is 10.0. The summed E-state index contributed by atoms with van der Waals surface area (Å²) in [5.74, 6) is -1.51. The first-order chi connectivity index (χ1) is 11.9. The Balaban J connectivity index is 2.07. The average Bonchev–Trinajstić information content (AvgIpc) is 2.95. The van der Waals surface area contributed by atoms with Crippen LogP contribution in [0.25, 0.3) is 0 Å². The number of aromatic hydroxyl groups is 1. The van der Waals surface area contributed by atoms with Gasteiger partial charge >= 0.3 is 5.97 Å². The minimum absolute atomic E-state index is 0.0320. The number of ether oxygens (including phenoxy) is 1. The number of rotatable bonds is 4. The Morgan fingerprint density at radius 1 is 1.36 bits per heavy atom. The van der Waals surface area contributed by atoms with Crippen molar-refractivity contribution in [2.24, 2.45) is 0 Å². The summed E-state index contributed by atoms with van der Waals surface area (Å²) in [4.78, 5) is 26.3. The van der Waals surface area contributed by atoms with E-state index in [1.165, 1.54) is 11.8 Å². The first-order valence-corrected chi connectivity index (χ1v) is 8.18. The van der Waals surface area contributed by atoms with Crippen LogP contribution in [0.1, 0.15) is 46.4 Å². The van der Waals surface area contributed by atoms with Gasteiger partial charge in [-0.3, -0.25) is 9.48 Å². The Bertz CT molecular complexity index is 798. The monoisotopic (exact) mass is 343 g/mol. The van der Waals surface area contributed by atoms with Crippen LogP contribution in [0.15, 0.2) is 30.3 Å². The number of amides is 1. The predicted octanol–water partition coefficient (Wildman–Crippen LogP) is 2.02. The van der Waals surface area contributed by atoms with Crippen LogP contribution < -0.4 is 0 Å². The van der Waals surface area contributed by atoms with Gasteiger partial charge in [-0.05, 0) is 25.8 Å². The molecule has 1 atom stereocenters. The number of nitrogens with zero attached hydrogens (tertiary/aromatic N) is 3. The Labute approximate surface area is 145 Å². The molecule has 1 N–H and O–H groups in total. The molecule has 0 fully saturated rings. The van der Waals surface area contributed by atoms with E-state index in [0.29, 0.717) is 13.0 Å². The standard InChI is InChI=1S/C18H21N3O4/c1-11(2)20-10-13(9-12-7-5-4-6-8-12)21-15(17(20)23)16(22)14(19-21)18(24)25-3/h4-8,11,13,22H,9-10H2,1-3H3. The van der Waals surface area contributed by atoms with E-state index in [0.717, 1.165) is 5.56 Å². The molecule has 0 bridgehead atoms. The van der Waals surface area contributed by atoms with Gasteiger partial charge in [0, 0.05) is 12.6 Å². The molecular formula is C18H21N3O4. The zero-order valence-corrected chi connectivity index (χ0v) is 14.5. The van der Waals surface area contributed by atoms with Crippen LogP contribution in [0.3, 0.4) is 0 Å². The molecule has 0 spiro atoms. The number of esters is 1. The second kappa shape index (κ2) is 6.58. The van der Waals surface area contributed by atoms with Gasteiger partial charge in [-0.25, -0.2) is 4.79 Å². The van der Waals surface area contributed by atoms with Gasteiger partial charge in [-0.2, -0.15) is 5.10 Å². The number of carbonyl (C=O) groups is 2. The number of aromatic nitrogens is 2. The fourth-order valence-electron chi connectivity index (χ4n) is 3.13. The number of methoxy groups -OCH3 is 1. The molecule has 2 heterocycles. The number of fused-ring (bicyclic) bond motifs is 1. The number of benzene rings is 1. The van der Waals surface area contributed by atoms with E-state index in [4.69, 9.17) is 0 Å². The van der Waals surface area contributed by atoms with Crippen LogP contribution in [0, 0.1) is 0 Å². The molecule has 1 aromatic carbocycles. The van der Waals surface area contributed by atoms with E-state index in [1.807, 2.05) is 44.2 Å². The SMILES string of the molecule is COC(=O)c1nn2c(c1O)C(=O)N(C(C)C)CC2Cc1ccccc1. The largest absolute Gasteiger partial charge is 0.503 e. The molecule has 0 radical (unpaired) electrons. The lowest BCUT2D eigenvalue weighted by Gasteiger charge is -2.36. The van der Waals surface area contributed by atoms with Crippen LogP contribution in [-0.4, -0.2) is 51.4 Å². The summed E-state index contributed by atoms with van der Waals surface area (Å²) in [6, 6.07) is 9.63. The van der Waals surface area contributed by atoms with Crippen molar-refractivity contribution in [1.82, 2.24) is 14.7 Å². The zero-order chi connectivity index (χ0) is 18.1. The van der Waals surface area contributed by atoms with Crippen LogP contribution in [0.5, 0.6) is 5.75 Å². The van der Waals surface area contributed by atoms with Crippen molar-refractivity contribution in [3.8, 4) is 5.75 Å². The van der Waals surface area contributed by atoms with Crippen molar-refractivity contribution in [1.29, 1.82) is 0 Å². The molecule has 0 aliphatic carbocycles. The summed E-state index contributed by atoms with van der Waals surface area (Å²) in [5.41, 5.74) is 0.905. The molecular weight excluding hydrogens is 322 g/mol. The number of carbonyl (C=O) groups excluding carboxylic acids is 2. The van der Waals surface area contributed by atoms with Crippen LogP contribution in [-0.2, 0) is 11.2 Å². The van der Waals surface area contributed by atoms with Gasteiger partial charge in [0.25, 0.3) is 5.91 Å². The van der Waals surface area contributed by atoms with Gasteiger partial charge in [0.15, 0.2) is 11.4 Å². The molecule has 2 aromatic rings. The maximum atomic E-state index is 12.8. The van der Waals surface area contributed by atoms with E-state index >= 15 is 0 Å². The van der Waals surface area contributed by atoms with Gasteiger partial charge in [-0.15, -0.1) is 0 Å². The highest BCUT2D eigenvalue weighted by Crippen LogP contribution is 2.33. The van der Waals surface area contributed by atoms with E-state index in [9.17, 15) is 14.7 Å². The minimum Gasteiger partial charge on any atom is -0.503 e. The van der Waals surface area contributed by atoms with E-state index in [-0.39, 0.29) is 29.4 Å². The van der Waals surface area contributed by atoms with Crippen LogP contribution in [0.4, 0.5) is 0 Å². The van der Waals surface area contributed by atoms with Crippen LogP contribution >= 0.6 is 0 Å². The summed E-state index contributed by atoms with van der Waals surface area (Å²) in [6.07, 6.45) is 0.631. The van der Waals surface area contributed by atoms with Gasteiger partial charge < -0.3 is 14.7 Å². The third-order valence-electron chi connectivity index (χ3n) is 4.42. The maximum Gasteiger partial charge on any atom is 0.362 e. The first kappa shape index (κ1) is 17.0. The van der Waals surface area contributed by atoms with Crippen LogP contribution in [0.2, 0.25) is 0 Å². The molecule has 0 saturated carbocycles.